The van der Waals surface area contributed by atoms with Crippen molar-refractivity contribution in [3.8, 4) is 0 Å². The van der Waals surface area contributed by atoms with Crippen LogP contribution in [0.25, 0.3) is 0 Å². The van der Waals surface area contributed by atoms with Crippen molar-refractivity contribution in [2.45, 2.75) is 135 Å². The van der Waals surface area contributed by atoms with Gasteiger partial charge in [0.05, 0.1) is 0 Å². The normalized spacial score (nSPS) is 12.8. The van der Waals surface area contributed by atoms with E-state index in [0.717, 1.165) is 6.04 Å². The van der Waals surface area contributed by atoms with Crippen molar-refractivity contribution in [2.24, 2.45) is 0 Å². The Morgan fingerprint density at radius 3 is 1.23 bits per heavy atom. The van der Waals surface area contributed by atoms with E-state index in [9.17, 15) is 0 Å². The molecule has 0 bridgehead atoms. The second-order valence-electron chi connectivity index (χ2n) is 8.54. The van der Waals surface area contributed by atoms with Crippen LogP contribution in [0.15, 0.2) is 0 Å². The molecule has 1 atom stereocenters. The molecule has 0 aliphatic heterocycles. The molecule has 0 aromatic heterocycles. The molecule has 2 heteroatoms. The third-order valence-corrected chi connectivity index (χ3v) is 6.35. The molecular weight excluding hydrogens is 382 g/mol. The van der Waals surface area contributed by atoms with E-state index < -0.39 is 0 Å². The summed E-state index contributed by atoms with van der Waals surface area (Å²) >= 11 is 3.51. The van der Waals surface area contributed by atoms with Crippen LogP contribution in [0.1, 0.15) is 129 Å². The monoisotopic (exact) mass is 431 g/mol. The summed E-state index contributed by atoms with van der Waals surface area (Å²) in [5, 5.41) is 1.18. The zero-order chi connectivity index (χ0) is 19.3. The summed E-state index contributed by atoms with van der Waals surface area (Å²) in [6.07, 6.45) is 27.2. The topological polar surface area (TPSA) is 3.24 Å². The number of rotatable bonds is 21. The SMILES string of the molecule is CCCCCCCCCC(CCCCCCCCCCCCBr)N(C)C. The predicted octanol–water partition coefficient (Wildman–Crippen LogP) is 8.74. The lowest BCUT2D eigenvalue weighted by molar-refractivity contribution is 0.251. The molecule has 0 radical (unpaired) electrons. The van der Waals surface area contributed by atoms with Gasteiger partial charge >= 0.3 is 0 Å². The van der Waals surface area contributed by atoms with Gasteiger partial charge in [-0.15, -0.1) is 0 Å². The zero-order valence-corrected chi connectivity index (χ0v) is 20.1. The number of halogens is 1. The van der Waals surface area contributed by atoms with Gasteiger partial charge in [0.25, 0.3) is 0 Å². The fourth-order valence-corrected chi connectivity index (χ4v) is 4.28. The molecule has 0 amide bonds. The van der Waals surface area contributed by atoms with E-state index in [1.165, 1.54) is 127 Å². The molecule has 0 spiro atoms. The van der Waals surface area contributed by atoms with Crippen LogP contribution in [0.4, 0.5) is 0 Å². The van der Waals surface area contributed by atoms with Gasteiger partial charge in [0.2, 0.25) is 0 Å². The summed E-state index contributed by atoms with van der Waals surface area (Å²) in [4.78, 5) is 2.48. The molecule has 0 aromatic carbocycles. The van der Waals surface area contributed by atoms with E-state index in [4.69, 9.17) is 0 Å². The second-order valence-corrected chi connectivity index (χ2v) is 9.33. The van der Waals surface area contributed by atoms with Gasteiger partial charge < -0.3 is 4.90 Å². The molecule has 0 saturated heterocycles. The van der Waals surface area contributed by atoms with Crippen molar-refractivity contribution in [3.05, 3.63) is 0 Å². The standard InChI is InChI=1S/C24H50BrN/c1-4-5-6-7-12-15-18-21-24(26(2)3)22-19-16-13-10-8-9-11-14-17-20-23-25/h24H,4-23H2,1-3H3. The molecule has 0 aliphatic carbocycles. The molecule has 0 aromatic rings. The molecule has 0 saturated carbocycles. The average molecular weight is 433 g/mol. The highest BCUT2D eigenvalue weighted by molar-refractivity contribution is 9.09. The molecule has 0 aliphatic rings. The van der Waals surface area contributed by atoms with Crippen molar-refractivity contribution in [2.75, 3.05) is 19.4 Å². The first-order valence-corrected chi connectivity index (χ1v) is 13.1. The smallest absolute Gasteiger partial charge is 0.00891 e. The molecule has 158 valence electrons. The van der Waals surface area contributed by atoms with Crippen LogP contribution in [0, 0.1) is 0 Å². The minimum absolute atomic E-state index is 0.820. The molecule has 0 heterocycles. The minimum Gasteiger partial charge on any atom is -0.306 e. The van der Waals surface area contributed by atoms with E-state index in [1.54, 1.807) is 0 Å². The zero-order valence-electron chi connectivity index (χ0n) is 18.5. The number of hydrogen-bond acceptors (Lipinski definition) is 1. The first-order valence-electron chi connectivity index (χ1n) is 11.9. The fraction of sp³-hybridized carbons (Fsp3) is 1.00. The van der Waals surface area contributed by atoms with Gasteiger partial charge in [-0.1, -0.05) is 126 Å². The highest BCUT2D eigenvalue weighted by Gasteiger charge is 2.10. The fourth-order valence-electron chi connectivity index (χ4n) is 3.89. The lowest BCUT2D eigenvalue weighted by Crippen LogP contribution is -2.27. The van der Waals surface area contributed by atoms with E-state index >= 15 is 0 Å². The Labute approximate surface area is 175 Å². The maximum atomic E-state index is 3.51. The van der Waals surface area contributed by atoms with Crippen LogP contribution in [0.2, 0.25) is 0 Å². The third-order valence-electron chi connectivity index (χ3n) is 5.79. The van der Waals surface area contributed by atoms with Crippen molar-refractivity contribution < 1.29 is 0 Å². The van der Waals surface area contributed by atoms with Crippen molar-refractivity contribution in [1.29, 1.82) is 0 Å². The van der Waals surface area contributed by atoms with E-state index in [0.29, 0.717) is 0 Å². The minimum atomic E-state index is 0.820. The summed E-state index contributed by atoms with van der Waals surface area (Å²) in [5.41, 5.74) is 0. The first kappa shape index (κ1) is 26.4. The molecule has 0 N–H and O–H groups in total. The quantitative estimate of drug-likeness (QED) is 0.129. The second kappa shape index (κ2) is 21.7. The molecule has 0 fully saturated rings. The molecule has 0 rings (SSSR count). The van der Waals surface area contributed by atoms with Crippen LogP contribution >= 0.6 is 15.9 Å². The van der Waals surface area contributed by atoms with Crippen LogP contribution in [-0.2, 0) is 0 Å². The highest BCUT2D eigenvalue weighted by Crippen LogP contribution is 2.17. The number of unbranched alkanes of at least 4 members (excludes halogenated alkanes) is 15. The largest absolute Gasteiger partial charge is 0.306 e. The summed E-state index contributed by atoms with van der Waals surface area (Å²) in [7, 11) is 4.56. The Bertz CT molecular complexity index is 255. The van der Waals surface area contributed by atoms with Crippen LogP contribution in [0.3, 0.4) is 0 Å². The maximum Gasteiger partial charge on any atom is 0.00891 e. The Morgan fingerprint density at radius 1 is 0.538 bits per heavy atom. The lowest BCUT2D eigenvalue weighted by atomic mass is 9.99. The van der Waals surface area contributed by atoms with Crippen LogP contribution in [0.5, 0.6) is 0 Å². The molecule has 1 nitrogen and oxygen atoms in total. The third kappa shape index (κ3) is 19.2. The predicted molar refractivity (Wildman–Crippen MR) is 125 cm³/mol. The highest BCUT2D eigenvalue weighted by atomic mass is 79.9. The number of nitrogens with zero attached hydrogens (tertiary/aromatic N) is 1. The van der Waals surface area contributed by atoms with Gasteiger partial charge in [0.1, 0.15) is 0 Å². The maximum absolute atomic E-state index is 3.51. The summed E-state index contributed by atoms with van der Waals surface area (Å²) in [5.74, 6) is 0. The lowest BCUT2D eigenvalue weighted by Gasteiger charge is -2.24. The van der Waals surface area contributed by atoms with Crippen molar-refractivity contribution >= 4 is 15.9 Å². The Morgan fingerprint density at radius 2 is 0.885 bits per heavy atom. The molecular formula is C24H50BrN. The number of hydrogen-bond donors (Lipinski definition) is 0. The van der Waals surface area contributed by atoms with Gasteiger partial charge in [-0.25, -0.2) is 0 Å². The Hall–Kier alpha value is 0.440. The van der Waals surface area contributed by atoms with Gasteiger partial charge in [-0.05, 0) is 33.4 Å². The van der Waals surface area contributed by atoms with Crippen LogP contribution < -0.4 is 0 Å². The van der Waals surface area contributed by atoms with Crippen LogP contribution in [-0.4, -0.2) is 30.4 Å². The summed E-state index contributed by atoms with van der Waals surface area (Å²) < 4.78 is 0. The van der Waals surface area contributed by atoms with E-state index in [2.05, 4.69) is 41.8 Å². The Balaban J connectivity index is 3.43. The van der Waals surface area contributed by atoms with Crippen molar-refractivity contribution in [3.63, 3.8) is 0 Å². The summed E-state index contributed by atoms with van der Waals surface area (Å²) in [6, 6.07) is 0.820. The molecule has 26 heavy (non-hydrogen) atoms. The van der Waals surface area contributed by atoms with E-state index in [-0.39, 0.29) is 0 Å². The van der Waals surface area contributed by atoms with Gasteiger partial charge in [0.15, 0.2) is 0 Å². The average Bonchev–Trinajstić information content (AvgIpc) is 2.63. The summed E-state index contributed by atoms with van der Waals surface area (Å²) in [6.45, 7) is 2.30. The van der Waals surface area contributed by atoms with Gasteiger partial charge in [0, 0.05) is 11.4 Å². The van der Waals surface area contributed by atoms with Gasteiger partial charge in [-0.3, -0.25) is 0 Å². The Kier molecular flexibility index (Phi) is 22.1. The first-order chi connectivity index (χ1) is 12.7. The number of alkyl halides is 1. The van der Waals surface area contributed by atoms with Gasteiger partial charge in [-0.2, -0.15) is 0 Å². The van der Waals surface area contributed by atoms with Crippen molar-refractivity contribution in [1.82, 2.24) is 4.90 Å². The molecule has 1 unspecified atom stereocenters. The van der Waals surface area contributed by atoms with E-state index in [1.807, 2.05) is 0 Å².